The fourth-order valence-electron chi connectivity index (χ4n) is 1.08. The Kier molecular flexibility index (Phi) is 7.91. The molecular formula is C10H24N2O3S. The third-order valence-corrected chi connectivity index (χ3v) is 3.90. The van der Waals surface area contributed by atoms with E-state index in [-0.39, 0.29) is 6.10 Å². The summed E-state index contributed by atoms with van der Waals surface area (Å²) in [5.41, 5.74) is 0. The fourth-order valence-corrected chi connectivity index (χ4v) is 2.07. The quantitative estimate of drug-likeness (QED) is 0.580. The van der Waals surface area contributed by atoms with Crippen LogP contribution in [-0.2, 0) is 14.8 Å². The molecule has 1 unspecified atom stereocenters. The van der Waals surface area contributed by atoms with Crippen LogP contribution in [0.2, 0.25) is 0 Å². The van der Waals surface area contributed by atoms with Crippen LogP contribution in [0.3, 0.4) is 0 Å². The molecule has 6 heteroatoms. The molecule has 16 heavy (non-hydrogen) atoms. The van der Waals surface area contributed by atoms with E-state index >= 15 is 0 Å². The highest BCUT2D eigenvalue weighted by Gasteiger charge is 2.19. The Hall–Kier alpha value is -0.170. The summed E-state index contributed by atoms with van der Waals surface area (Å²) < 4.78 is 31.1. The molecule has 0 saturated carbocycles. The van der Waals surface area contributed by atoms with E-state index in [4.69, 9.17) is 4.74 Å². The summed E-state index contributed by atoms with van der Waals surface area (Å²) >= 11 is 0. The number of nitrogens with one attached hydrogen (secondary N) is 2. The lowest BCUT2D eigenvalue weighted by Gasteiger charge is -2.14. The van der Waals surface area contributed by atoms with Crippen LogP contribution in [0.1, 0.15) is 27.7 Å². The Labute approximate surface area is 99.0 Å². The zero-order valence-corrected chi connectivity index (χ0v) is 11.4. The van der Waals surface area contributed by atoms with Gasteiger partial charge in [-0.15, -0.1) is 0 Å². The van der Waals surface area contributed by atoms with Crippen LogP contribution in [0.25, 0.3) is 0 Å². The van der Waals surface area contributed by atoms with Crippen LogP contribution < -0.4 is 10.0 Å². The van der Waals surface area contributed by atoms with Crippen molar-refractivity contribution < 1.29 is 13.2 Å². The number of hydrogen-bond donors (Lipinski definition) is 2. The maximum absolute atomic E-state index is 11.7. The number of ether oxygens (including phenoxy) is 1. The molecule has 5 nitrogen and oxygen atoms in total. The molecule has 0 rings (SSSR count). The first-order chi connectivity index (χ1) is 7.40. The lowest BCUT2D eigenvalue weighted by atomic mass is 10.5. The van der Waals surface area contributed by atoms with E-state index in [1.54, 1.807) is 6.92 Å². The summed E-state index contributed by atoms with van der Waals surface area (Å²) in [6, 6.07) is 0. The van der Waals surface area contributed by atoms with Crippen molar-refractivity contribution in [2.45, 2.75) is 39.0 Å². The molecule has 0 amide bonds. The van der Waals surface area contributed by atoms with Gasteiger partial charge in [0.2, 0.25) is 10.0 Å². The summed E-state index contributed by atoms with van der Waals surface area (Å²) in [5, 5.41) is 2.59. The van der Waals surface area contributed by atoms with E-state index in [0.717, 1.165) is 6.54 Å². The fraction of sp³-hybridized carbons (Fsp3) is 1.00. The van der Waals surface area contributed by atoms with Gasteiger partial charge in [-0.1, -0.05) is 6.92 Å². The molecule has 0 radical (unpaired) electrons. The van der Waals surface area contributed by atoms with E-state index in [0.29, 0.717) is 19.7 Å². The standard InChI is InChI=1S/C10H24N2O3S/c1-5-11-8-10(4)16(13,14)12-6-7-15-9(2)3/h9-12H,5-8H2,1-4H3. The molecule has 0 spiro atoms. The smallest absolute Gasteiger partial charge is 0.215 e. The maximum Gasteiger partial charge on any atom is 0.215 e. The van der Waals surface area contributed by atoms with E-state index in [2.05, 4.69) is 10.0 Å². The molecule has 0 aromatic heterocycles. The largest absolute Gasteiger partial charge is 0.377 e. The van der Waals surface area contributed by atoms with Gasteiger partial charge in [0.25, 0.3) is 0 Å². The van der Waals surface area contributed by atoms with Gasteiger partial charge in [-0.2, -0.15) is 0 Å². The average Bonchev–Trinajstić information content (AvgIpc) is 2.20. The summed E-state index contributed by atoms with van der Waals surface area (Å²) in [5.74, 6) is 0. The van der Waals surface area contributed by atoms with Gasteiger partial charge in [0, 0.05) is 13.1 Å². The van der Waals surface area contributed by atoms with Gasteiger partial charge in [-0.25, -0.2) is 13.1 Å². The van der Waals surface area contributed by atoms with E-state index < -0.39 is 15.3 Å². The molecule has 0 aliphatic rings. The molecule has 0 aromatic carbocycles. The van der Waals surface area contributed by atoms with Crippen LogP contribution in [0, 0.1) is 0 Å². The van der Waals surface area contributed by atoms with Gasteiger partial charge in [0.05, 0.1) is 18.0 Å². The maximum atomic E-state index is 11.7. The van der Waals surface area contributed by atoms with Crippen LogP contribution >= 0.6 is 0 Å². The first-order valence-corrected chi connectivity index (χ1v) is 7.25. The SMILES string of the molecule is CCNCC(C)S(=O)(=O)NCCOC(C)C. The molecule has 2 N–H and O–H groups in total. The highest BCUT2D eigenvalue weighted by atomic mass is 32.2. The number of hydrogen-bond acceptors (Lipinski definition) is 4. The summed E-state index contributed by atoms with van der Waals surface area (Å²) in [4.78, 5) is 0. The number of rotatable bonds is 9. The van der Waals surface area contributed by atoms with Gasteiger partial charge < -0.3 is 10.1 Å². The molecule has 98 valence electrons. The van der Waals surface area contributed by atoms with Crippen LogP contribution in [0.4, 0.5) is 0 Å². The normalized spacial score (nSPS) is 14.3. The summed E-state index contributed by atoms with van der Waals surface area (Å²) in [6.45, 7) is 9.46. The molecule has 1 atom stereocenters. The summed E-state index contributed by atoms with van der Waals surface area (Å²) in [7, 11) is -3.22. The highest BCUT2D eigenvalue weighted by molar-refractivity contribution is 7.90. The second-order valence-corrected chi connectivity index (χ2v) is 6.16. The van der Waals surface area contributed by atoms with Crippen molar-refractivity contribution in [3.05, 3.63) is 0 Å². The first-order valence-electron chi connectivity index (χ1n) is 5.71. The van der Waals surface area contributed by atoms with Gasteiger partial charge >= 0.3 is 0 Å². The van der Waals surface area contributed by atoms with Gasteiger partial charge in [-0.05, 0) is 27.3 Å². The molecule has 0 aliphatic carbocycles. The second kappa shape index (κ2) is 8.00. The van der Waals surface area contributed by atoms with Gasteiger partial charge in [0.1, 0.15) is 0 Å². The van der Waals surface area contributed by atoms with Crippen LogP contribution in [0.5, 0.6) is 0 Å². The second-order valence-electron chi connectivity index (χ2n) is 3.98. The molecule has 0 aromatic rings. The minimum absolute atomic E-state index is 0.128. The molecule has 0 fully saturated rings. The Morgan fingerprint density at radius 3 is 2.38 bits per heavy atom. The van der Waals surface area contributed by atoms with Gasteiger partial charge in [-0.3, -0.25) is 0 Å². The lowest BCUT2D eigenvalue weighted by Crippen LogP contribution is -2.40. The molecule has 0 saturated heterocycles. The third-order valence-electron chi connectivity index (χ3n) is 2.07. The van der Waals surface area contributed by atoms with Crippen molar-refractivity contribution in [2.75, 3.05) is 26.2 Å². The zero-order valence-electron chi connectivity index (χ0n) is 10.6. The average molecular weight is 252 g/mol. The predicted molar refractivity (Wildman–Crippen MR) is 66.0 cm³/mol. The van der Waals surface area contributed by atoms with Crippen molar-refractivity contribution in [1.29, 1.82) is 0 Å². The van der Waals surface area contributed by atoms with Crippen LogP contribution in [-0.4, -0.2) is 46.0 Å². The summed E-state index contributed by atoms with van der Waals surface area (Å²) in [6.07, 6.45) is 0.128. The molecule has 0 heterocycles. The van der Waals surface area contributed by atoms with Crippen molar-refractivity contribution in [3.63, 3.8) is 0 Å². The minimum atomic E-state index is -3.22. The predicted octanol–water partition coefficient (Wildman–Crippen LogP) is 0.329. The third kappa shape index (κ3) is 7.16. The monoisotopic (exact) mass is 252 g/mol. The Bertz CT molecular complexity index is 265. The van der Waals surface area contributed by atoms with Crippen molar-refractivity contribution in [1.82, 2.24) is 10.0 Å². The Morgan fingerprint density at radius 2 is 1.88 bits per heavy atom. The molecule has 0 aliphatic heterocycles. The minimum Gasteiger partial charge on any atom is -0.377 e. The lowest BCUT2D eigenvalue weighted by molar-refractivity contribution is 0.0833. The zero-order chi connectivity index (χ0) is 12.6. The highest BCUT2D eigenvalue weighted by Crippen LogP contribution is 1.96. The van der Waals surface area contributed by atoms with Crippen molar-refractivity contribution >= 4 is 10.0 Å². The molecular weight excluding hydrogens is 228 g/mol. The first kappa shape index (κ1) is 15.8. The van der Waals surface area contributed by atoms with E-state index in [1.165, 1.54) is 0 Å². The van der Waals surface area contributed by atoms with E-state index in [9.17, 15) is 8.42 Å². The van der Waals surface area contributed by atoms with E-state index in [1.807, 2.05) is 20.8 Å². The topological polar surface area (TPSA) is 67.4 Å². The number of sulfonamides is 1. The Balaban J connectivity index is 3.86. The van der Waals surface area contributed by atoms with Crippen LogP contribution in [0.15, 0.2) is 0 Å². The Morgan fingerprint density at radius 1 is 1.25 bits per heavy atom. The van der Waals surface area contributed by atoms with Gasteiger partial charge in [0.15, 0.2) is 0 Å². The van der Waals surface area contributed by atoms with Crippen molar-refractivity contribution in [3.8, 4) is 0 Å². The van der Waals surface area contributed by atoms with Crippen molar-refractivity contribution in [2.24, 2.45) is 0 Å². The molecule has 0 bridgehead atoms.